The van der Waals surface area contributed by atoms with Gasteiger partial charge in [0.2, 0.25) is 0 Å². The van der Waals surface area contributed by atoms with E-state index in [0.29, 0.717) is 11.6 Å². The molecule has 0 N–H and O–H groups in total. The third kappa shape index (κ3) is 2.79. The van der Waals surface area contributed by atoms with Crippen molar-refractivity contribution < 1.29 is 0 Å². The molecule has 1 atom stereocenters. The minimum Gasteiger partial charge on any atom is -0.252 e. The molecule has 2 heterocycles. The molecule has 0 amide bonds. The van der Waals surface area contributed by atoms with Gasteiger partial charge in [-0.3, -0.25) is 4.98 Å². The molecule has 0 aliphatic heterocycles. The number of hydrogen-bond acceptors (Lipinski definition) is 3. The molecule has 0 saturated carbocycles. The van der Waals surface area contributed by atoms with Crippen LogP contribution >= 0.6 is 11.6 Å². The van der Waals surface area contributed by atoms with Crippen molar-refractivity contribution in [3.8, 4) is 6.07 Å². The first-order chi connectivity index (χ1) is 12.2. The van der Waals surface area contributed by atoms with Gasteiger partial charge in [-0.2, -0.15) is 5.26 Å². The summed E-state index contributed by atoms with van der Waals surface area (Å²) in [5.74, 6) is 0.339. The van der Waals surface area contributed by atoms with E-state index in [4.69, 9.17) is 21.8 Å². The normalized spacial score (nSPS) is 16.2. The van der Waals surface area contributed by atoms with Gasteiger partial charge in [0.25, 0.3) is 0 Å². The fourth-order valence-corrected chi connectivity index (χ4v) is 3.94. The monoisotopic (exact) mass is 345 g/mol. The summed E-state index contributed by atoms with van der Waals surface area (Å²) in [4.78, 5) is 8.95. The zero-order valence-electron chi connectivity index (χ0n) is 13.7. The first-order valence-electron chi connectivity index (χ1n) is 8.29. The highest BCUT2D eigenvalue weighted by molar-refractivity contribution is 6.36. The van der Waals surface area contributed by atoms with Gasteiger partial charge in [0.05, 0.1) is 10.5 Å². The highest BCUT2D eigenvalue weighted by atomic mass is 35.5. The average Bonchev–Trinajstić information content (AvgIpc) is 2.67. The third-order valence-electron chi connectivity index (χ3n) is 4.92. The number of nitrogens with zero attached hydrogens (tertiary/aromatic N) is 3. The lowest BCUT2D eigenvalue weighted by molar-refractivity contribution is 0.574. The largest absolute Gasteiger partial charge is 0.252 e. The Hall–Kier alpha value is -2.70. The minimum absolute atomic E-state index is 0.339. The molecule has 1 aromatic carbocycles. The summed E-state index contributed by atoms with van der Waals surface area (Å²) in [5, 5.41) is 10.9. The van der Waals surface area contributed by atoms with Gasteiger partial charge < -0.3 is 0 Å². The van der Waals surface area contributed by atoms with Crippen molar-refractivity contribution in [2.75, 3.05) is 0 Å². The molecule has 4 rings (SSSR count). The second kappa shape index (κ2) is 6.31. The Kier molecular flexibility index (Phi) is 3.99. The fourth-order valence-electron chi connectivity index (χ4n) is 3.58. The predicted octanol–water partition coefficient (Wildman–Crippen LogP) is 5.07. The van der Waals surface area contributed by atoms with Gasteiger partial charge in [0.15, 0.2) is 0 Å². The molecule has 4 heteroatoms. The van der Waals surface area contributed by atoms with E-state index in [9.17, 15) is 0 Å². The molecule has 122 valence electrons. The fraction of sp³-hybridized carbons (Fsp3) is 0.190. The first-order valence-corrected chi connectivity index (χ1v) is 8.67. The highest BCUT2D eigenvalue weighted by Crippen LogP contribution is 2.38. The van der Waals surface area contributed by atoms with Crippen LogP contribution in [-0.4, -0.2) is 9.97 Å². The van der Waals surface area contributed by atoms with E-state index >= 15 is 0 Å². The molecule has 1 aliphatic rings. The first kappa shape index (κ1) is 15.8. The van der Waals surface area contributed by atoms with Crippen molar-refractivity contribution in [3.63, 3.8) is 0 Å². The van der Waals surface area contributed by atoms with E-state index in [2.05, 4.69) is 17.6 Å². The second-order valence-electron chi connectivity index (χ2n) is 6.36. The minimum atomic E-state index is 0.339. The van der Waals surface area contributed by atoms with Crippen LogP contribution in [0.2, 0.25) is 5.02 Å². The van der Waals surface area contributed by atoms with Crippen LogP contribution in [0.25, 0.3) is 17.0 Å². The Labute approximate surface area is 151 Å². The zero-order chi connectivity index (χ0) is 17.4. The van der Waals surface area contributed by atoms with Gasteiger partial charge in [-0.25, -0.2) is 4.98 Å². The van der Waals surface area contributed by atoms with E-state index in [-0.39, 0.29) is 0 Å². The van der Waals surface area contributed by atoms with Crippen LogP contribution in [0, 0.1) is 11.3 Å². The van der Waals surface area contributed by atoms with Gasteiger partial charge in [-0.15, -0.1) is 0 Å². The third-order valence-corrected chi connectivity index (χ3v) is 5.35. The van der Waals surface area contributed by atoms with E-state index in [1.807, 2.05) is 36.4 Å². The van der Waals surface area contributed by atoms with Crippen LogP contribution in [0.3, 0.4) is 0 Å². The van der Waals surface area contributed by atoms with E-state index in [1.165, 1.54) is 0 Å². The summed E-state index contributed by atoms with van der Waals surface area (Å²) in [5.41, 5.74) is 5.78. The summed E-state index contributed by atoms with van der Waals surface area (Å²) in [7, 11) is 0. The van der Waals surface area contributed by atoms with Gasteiger partial charge in [0, 0.05) is 17.3 Å². The summed E-state index contributed by atoms with van der Waals surface area (Å²) >= 11 is 6.68. The van der Waals surface area contributed by atoms with Gasteiger partial charge in [0.1, 0.15) is 11.8 Å². The molecule has 0 spiro atoms. The van der Waals surface area contributed by atoms with Crippen LogP contribution in [0.4, 0.5) is 0 Å². The van der Waals surface area contributed by atoms with Crippen LogP contribution in [-0.2, 0) is 12.8 Å². The summed E-state index contributed by atoms with van der Waals surface area (Å²) < 4.78 is 0. The quantitative estimate of drug-likeness (QED) is 0.651. The van der Waals surface area contributed by atoms with Crippen molar-refractivity contribution in [2.24, 2.45) is 0 Å². The van der Waals surface area contributed by atoms with Crippen LogP contribution < -0.4 is 0 Å². The maximum Gasteiger partial charge on any atom is 0.140 e. The van der Waals surface area contributed by atoms with Gasteiger partial charge in [-0.1, -0.05) is 36.4 Å². The zero-order valence-corrected chi connectivity index (χ0v) is 14.4. The number of fused-ring (bicyclic) bond motifs is 2. The molecule has 0 bridgehead atoms. The highest BCUT2D eigenvalue weighted by Gasteiger charge is 2.24. The van der Waals surface area contributed by atoms with E-state index < -0.39 is 0 Å². The Morgan fingerprint density at radius 3 is 2.96 bits per heavy atom. The van der Waals surface area contributed by atoms with E-state index in [1.54, 1.807) is 6.20 Å². The Morgan fingerprint density at radius 2 is 2.16 bits per heavy atom. The molecule has 1 aliphatic carbocycles. The molecule has 3 nitrogen and oxygen atoms in total. The Morgan fingerprint density at radius 1 is 1.28 bits per heavy atom. The van der Waals surface area contributed by atoms with E-state index in [0.717, 1.165) is 57.6 Å². The van der Waals surface area contributed by atoms with Gasteiger partial charge >= 0.3 is 0 Å². The predicted molar refractivity (Wildman–Crippen MR) is 101 cm³/mol. The molecule has 0 fully saturated rings. The second-order valence-corrected chi connectivity index (χ2v) is 6.74. The Balaban J connectivity index is 1.77. The van der Waals surface area contributed by atoms with Crippen LogP contribution in [0.1, 0.15) is 40.4 Å². The molecular formula is C21H16ClN3. The lowest BCUT2D eigenvalue weighted by Crippen LogP contribution is -2.15. The number of rotatable bonds is 2. The standard InChI is InChI=1S/C21H16ClN3/c1-2-13-3-5-17-19(9-13)25-20-11-14(4-6-18(20)21(17)22)15-7-8-24-16(10-15)12-23/h2-3,5,7-10,14H,1,4,6,11H2. The number of aromatic nitrogens is 2. The SMILES string of the molecule is C=Cc1ccc2c(Cl)c3c(nc2c1)CC(c1ccnc(C#N)c1)CC3. The summed E-state index contributed by atoms with van der Waals surface area (Å²) in [6.45, 7) is 3.82. The maximum atomic E-state index is 9.07. The lowest BCUT2D eigenvalue weighted by Gasteiger charge is -2.25. The number of benzene rings is 1. The lowest BCUT2D eigenvalue weighted by atomic mass is 9.82. The number of halogens is 1. The topological polar surface area (TPSA) is 49.6 Å². The van der Waals surface area contributed by atoms with Crippen molar-refractivity contribution in [2.45, 2.75) is 25.2 Å². The van der Waals surface area contributed by atoms with Crippen molar-refractivity contribution >= 4 is 28.6 Å². The number of pyridine rings is 2. The number of hydrogen-bond donors (Lipinski definition) is 0. The molecule has 1 unspecified atom stereocenters. The van der Waals surface area contributed by atoms with Gasteiger partial charge in [-0.05, 0) is 60.1 Å². The van der Waals surface area contributed by atoms with Crippen LogP contribution in [0.5, 0.6) is 0 Å². The molecular weight excluding hydrogens is 330 g/mol. The van der Waals surface area contributed by atoms with Crippen molar-refractivity contribution in [1.29, 1.82) is 5.26 Å². The molecule has 3 aromatic rings. The smallest absolute Gasteiger partial charge is 0.140 e. The van der Waals surface area contributed by atoms with Crippen molar-refractivity contribution in [1.82, 2.24) is 9.97 Å². The maximum absolute atomic E-state index is 9.07. The molecule has 2 aromatic heterocycles. The summed E-state index contributed by atoms with van der Waals surface area (Å²) in [6.07, 6.45) is 6.26. The Bertz CT molecular complexity index is 1030. The molecule has 0 radical (unpaired) electrons. The molecule has 0 saturated heterocycles. The average molecular weight is 346 g/mol. The van der Waals surface area contributed by atoms with Crippen molar-refractivity contribution in [3.05, 3.63) is 76.2 Å². The summed E-state index contributed by atoms with van der Waals surface area (Å²) in [6, 6.07) is 12.1. The molecule has 25 heavy (non-hydrogen) atoms. The van der Waals surface area contributed by atoms with Crippen LogP contribution in [0.15, 0.2) is 43.1 Å². The number of nitriles is 1.